The standard InChI is InChI=1S/C12H21N3O6/c1-12(2,3)11(18)20-8-21-13-15(19)14-6-4-9(5-7-14)10(16)17/h9H,4-8H2,1-3H3,(H,16,17)/b15-13-. The van der Waals surface area contributed by atoms with E-state index in [1.54, 1.807) is 20.8 Å². The van der Waals surface area contributed by atoms with Gasteiger partial charge in [0.25, 0.3) is 6.79 Å². The van der Waals surface area contributed by atoms with Gasteiger partial charge < -0.3 is 19.9 Å². The maximum Gasteiger partial charge on any atom is 0.314 e. The summed E-state index contributed by atoms with van der Waals surface area (Å²) in [5, 5.41) is 25.0. The number of piperidine rings is 1. The lowest BCUT2D eigenvalue weighted by Gasteiger charge is -2.25. The first-order valence-electron chi connectivity index (χ1n) is 6.67. The molecule has 0 bridgehead atoms. The quantitative estimate of drug-likeness (QED) is 0.202. The van der Waals surface area contributed by atoms with Crippen molar-refractivity contribution in [2.75, 3.05) is 19.9 Å². The summed E-state index contributed by atoms with van der Waals surface area (Å²) in [5.74, 6) is -1.74. The predicted molar refractivity (Wildman–Crippen MR) is 69.5 cm³/mol. The van der Waals surface area contributed by atoms with Gasteiger partial charge in [0.15, 0.2) is 0 Å². The molecule has 0 saturated carbocycles. The summed E-state index contributed by atoms with van der Waals surface area (Å²) in [7, 11) is 0. The van der Waals surface area contributed by atoms with E-state index in [4.69, 9.17) is 9.84 Å². The Balaban J connectivity index is 2.31. The average molecular weight is 303 g/mol. The van der Waals surface area contributed by atoms with Gasteiger partial charge in [-0.1, -0.05) is 0 Å². The predicted octanol–water partition coefficient (Wildman–Crippen LogP) is 1.14. The Morgan fingerprint density at radius 2 is 1.95 bits per heavy atom. The number of ether oxygens (including phenoxy) is 1. The molecule has 0 aromatic heterocycles. The molecule has 1 rings (SSSR count). The largest absolute Gasteiger partial charge is 0.569 e. The molecule has 9 nitrogen and oxygen atoms in total. The fourth-order valence-electron chi connectivity index (χ4n) is 1.70. The second-order valence-electron chi connectivity index (χ2n) is 5.83. The van der Waals surface area contributed by atoms with Crippen LogP contribution < -0.4 is 0 Å². The van der Waals surface area contributed by atoms with E-state index in [1.165, 1.54) is 5.01 Å². The van der Waals surface area contributed by atoms with Gasteiger partial charge in [0.2, 0.25) is 5.28 Å². The van der Waals surface area contributed by atoms with Gasteiger partial charge in [0.1, 0.15) is 0 Å². The number of carbonyl (C=O) groups excluding carboxylic acids is 1. The lowest BCUT2D eigenvalue weighted by atomic mass is 9.98. The van der Waals surface area contributed by atoms with Gasteiger partial charge in [-0.25, -0.2) is 0 Å². The Kier molecular flexibility index (Phi) is 5.74. The minimum absolute atomic E-state index is 0.253. The van der Waals surface area contributed by atoms with Gasteiger partial charge in [0.05, 0.1) is 29.4 Å². The van der Waals surface area contributed by atoms with Gasteiger partial charge in [-0.15, -0.1) is 5.01 Å². The molecule has 0 aromatic rings. The smallest absolute Gasteiger partial charge is 0.314 e. The molecule has 1 heterocycles. The van der Waals surface area contributed by atoms with Crippen molar-refractivity contribution in [2.45, 2.75) is 33.6 Å². The highest BCUT2D eigenvalue weighted by Crippen LogP contribution is 2.17. The third kappa shape index (κ3) is 5.44. The maximum atomic E-state index is 11.6. The van der Waals surface area contributed by atoms with Crippen LogP contribution in [0.25, 0.3) is 0 Å². The summed E-state index contributed by atoms with van der Waals surface area (Å²) in [5.41, 5.74) is -0.654. The van der Waals surface area contributed by atoms with Crippen molar-refractivity contribution < 1.29 is 29.2 Å². The summed E-state index contributed by atoms with van der Waals surface area (Å²) in [6.07, 6.45) is 0.755. The van der Waals surface area contributed by atoms with Crippen LogP contribution in [0.3, 0.4) is 0 Å². The number of rotatable bonds is 5. The monoisotopic (exact) mass is 303 g/mol. The number of hydrazine groups is 1. The second kappa shape index (κ2) is 7.09. The van der Waals surface area contributed by atoms with Crippen LogP contribution in [-0.2, 0) is 19.2 Å². The summed E-state index contributed by atoms with van der Waals surface area (Å²) in [6, 6.07) is 0. The molecular formula is C12H21N3O6. The molecule has 1 saturated heterocycles. The van der Waals surface area contributed by atoms with E-state index in [1.807, 2.05) is 0 Å². The van der Waals surface area contributed by atoms with E-state index >= 15 is 0 Å². The van der Waals surface area contributed by atoms with E-state index in [9.17, 15) is 14.8 Å². The molecule has 9 heteroatoms. The van der Waals surface area contributed by atoms with Crippen molar-refractivity contribution in [1.82, 2.24) is 5.01 Å². The lowest BCUT2D eigenvalue weighted by Crippen LogP contribution is -2.40. The summed E-state index contributed by atoms with van der Waals surface area (Å²) < 4.78 is 4.78. The summed E-state index contributed by atoms with van der Waals surface area (Å²) in [6.45, 7) is 5.21. The van der Waals surface area contributed by atoms with Crippen molar-refractivity contribution in [1.29, 1.82) is 0 Å². The molecule has 0 aromatic carbocycles. The van der Waals surface area contributed by atoms with Crippen molar-refractivity contribution in [3.8, 4) is 0 Å². The van der Waals surface area contributed by atoms with Gasteiger partial charge in [0, 0.05) is 0 Å². The number of carboxylic acid groups (broad SMARTS) is 1. The van der Waals surface area contributed by atoms with Crippen LogP contribution in [0.1, 0.15) is 33.6 Å². The molecule has 21 heavy (non-hydrogen) atoms. The minimum Gasteiger partial charge on any atom is -0.569 e. The Morgan fingerprint density at radius 1 is 1.38 bits per heavy atom. The van der Waals surface area contributed by atoms with Gasteiger partial charge in [-0.3, -0.25) is 9.59 Å². The van der Waals surface area contributed by atoms with Crippen LogP contribution in [0.2, 0.25) is 0 Å². The van der Waals surface area contributed by atoms with Crippen LogP contribution in [0.5, 0.6) is 0 Å². The van der Waals surface area contributed by atoms with Crippen LogP contribution >= 0.6 is 0 Å². The van der Waals surface area contributed by atoms with E-state index < -0.39 is 30.1 Å². The van der Waals surface area contributed by atoms with Crippen molar-refractivity contribution >= 4 is 11.9 Å². The molecule has 0 spiro atoms. The van der Waals surface area contributed by atoms with Crippen LogP contribution in [0.4, 0.5) is 0 Å². The molecule has 120 valence electrons. The van der Waals surface area contributed by atoms with Crippen molar-refractivity contribution in [2.24, 2.45) is 16.6 Å². The van der Waals surface area contributed by atoms with Gasteiger partial charge in [-0.05, 0) is 33.6 Å². The summed E-state index contributed by atoms with van der Waals surface area (Å²) >= 11 is 0. The topological polar surface area (TPSA) is 114 Å². The lowest BCUT2D eigenvalue weighted by molar-refractivity contribution is -0.713. The SMILES string of the molecule is CC(C)(C)C(=O)OCO/N=[N+](\[O-])N1CCC(C(=O)O)CC1. The number of aliphatic carboxylic acids is 1. The van der Waals surface area contributed by atoms with Crippen LogP contribution in [0, 0.1) is 16.5 Å². The molecule has 0 radical (unpaired) electrons. The van der Waals surface area contributed by atoms with E-state index in [2.05, 4.69) is 10.1 Å². The number of hydrogen-bond acceptors (Lipinski definition) is 6. The molecule has 0 amide bonds. The zero-order valence-electron chi connectivity index (χ0n) is 12.4. The van der Waals surface area contributed by atoms with Crippen molar-refractivity contribution in [3.05, 3.63) is 5.21 Å². The molecule has 0 atom stereocenters. The number of hydrogen-bond donors (Lipinski definition) is 1. The van der Waals surface area contributed by atoms with Crippen molar-refractivity contribution in [3.63, 3.8) is 0 Å². The highest BCUT2D eigenvalue weighted by Gasteiger charge is 2.28. The Morgan fingerprint density at radius 3 is 2.43 bits per heavy atom. The van der Waals surface area contributed by atoms with Gasteiger partial charge >= 0.3 is 11.9 Å². The molecule has 1 aliphatic rings. The highest BCUT2D eigenvalue weighted by molar-refractivity contribution is 5.75. The third-order valence-electron chi connectivity index (χ3n) is 3.05. The molecule has 1 fully saturated rings. The van der Waals surface area contributed by atoms with E-state index in [-0.39, 0.29) is 18.1 Å². The number of carboxylic acids is 1. The molecule has 1 aliphatic heterocycles. The zero-order valence-corrected chi connectivity index (χ0v) is 12.4. The fraction of sp³-hybridized carbons (Fsp3) is 0.833. The molecule has 0 unspecified atom stereocenters. The minimum atomic E-state index is -0.852. The highest BCUT2D eigenvalue weighted by atomic mass is 16.8. The molecule has 1 N–H and O–H groups in total. The van der Waals surface area contributed by atoms with E-state index in [0.29, 0.717) is 12.8 Å². The first-order chi connectivity index (χ1) is 9.71. The zero-order chi connectivity index (χ0) is 16.0. The second-order valence-corrected chi connectivity index (χ2v) is 5.83. The first-order valence-corrected chi connectivity index (χ1v) is 6.67. The maximum absolute atomic E-state index is 11.6. The molecule has 0 aliphatic carbocycles. The average Bonchev–Trinajstić information content (AvgIpc) is 2.42. The van der Waals surface area contributed by atoms with Crippen LogP contribution in [-0.4, -0.2) is 46.9 Å². The summed E-state index contributed by atoms with van der Waals surface area (Å²) in [4.78, 5) is 27.1. The molecular weight excluding hydrogens is 282 g/mol. The third-order valence-corrected chi connectivity index (χ3v) is 3.05. The number of carbonyl (C=O) groups is 2. The number of esters is 1. The Labute approximate surface area is 122 Å². The first kappa shape index (κ1) is 17.0. The van der Waals surface area contributed by atoms with E-state index in [0.717, 1.165) is 0 Å². The normalized spacial score (nSPS) is 17.5. The fourth-order valence-corrected chi connectivity index (χ4v) is 1.70. The Bertz CT molecular complexity index is 410. The number of nitrogens with zero attached hydrogens (tertiary/aromatic N) is 3. The van der Waals surface area contributed by atoms with Gasteiger partial charge in [-0.2, -0.15) is 0 Å². The Hall–Kier alpha value is -2.06. The van der Waals surface area contributed by atoms with Crippen LogP contribution in [0.15, 0.2) is 5.28 Å².